The van der Waals surface area contributed by atoms with Crippen LogP contribution in [-0.2, 0) is 0 Å². The van der Waals surface area contributed by atoms with Crippen molar-refractivity contribution in [1.82, 2.24) is 10.2 Å². The smallest absolute Gasteiger partial charge is 0.196 e. The SMILES string of the molecule is N#CC(C#N)=C1c2ccccc2-c2c1nnc1c2C(=O)c2ccccc2-1. The number of allylic oxidation sites excluding steroid dienone is 1. The summed E-state index contributed by atoms with van der Waals surface area (Å²) in [6, 6.07) is 18.6. The first-order valence-corrected chi connectivity index (χ1v) is 7.95. The molecule has 2 aliphatic carbocycles. The van der Waals surface area contributed by atoms with E-state index in [0.717, 1.165) is 16.7 Å². The van der Waals surface area contributed by atoms with Crippen molar-refractivity contribution in [2.45, 2.75) is 0 Å². The van der Waals surface area contributed by atoms with E-state index in [2.05, 4.69) is 10.2 Å². The minimum Gasteiger partial charge on any atom is -0.288 e. The molecule has 118 valence electrons. The summed E-state index contributed by atoms with van der Waals surface area (Å²) in [7, 11) is 0. The molecule has 0 N–H and O–H groups in total. The van der Waals surface area contributed by atoms with Crippen molar-refractivity contribution in [3.05, 3.63) is 76.5 Å². The van der Waals surface area contributed by atoms with E-state index in [4.69, 9.17) is 0 Å². The maximum atomic E-state index is 13.1. The summed E-state index contributed by atoms with van der Waals surface area (Å²) in [5.41, 5.74) is 5.42. The average Bonchev–Trinajstić information content (AvgIpc) is 3.17. The van der Waals surface area contributed by atoms with E-state index < -0.39 is 0 Å². The molecule has 5 rings (SSSR count). The highest BCUT2D eigenvalue weighted by Gasteiger charge is 2.38. The van der Waals surface area contributed by atoms with Gasteiger partial charge >= 0.3 is 0 Å². The first-order valence-electron chi connectivity index (χ1n) is 7.95. The van der Waals surface area contributed by atoms with Crippen LogP contribution in [0.25, 0.3) is 28.0 Å². The summed E-state index contributed by atoms with van der Waals surface area (Å²) >= 11 is 0. The quantitative estimate of drug-likeness (QED) is 0.405. The van der Waals surface area contributed by atoms with Gasteiger partial charge in [-0.15, -0.1) is 10.2 Å². The van der Waals surface area contributed by atoms with Crippen LogP contribution in [0.2, 0.25) is 0 Å². The van der Waals surface area contributed by atoms with Gasteiger partial charge < -0.3 is 0 Å². The van der Waals surface area contributed by atoms with Crippen LogP contribution in [0, 0.1) is 22.7 Å². The Kier molecular flexibility index (Phi) is 2.72. The van der Waals surface area contributed by atoms with Gasteiger partial charge in [0, 0.05) is 22.3 Å². The van der Waals surface area contributed by atoms with E-state index in [9.17, 15) is 15.3 Å². The van der Waals surface area contributed by atoms with Crippen LogP contribution in [0.1, 0.15) is 27.2 Å². The number of nitriles is 2. The van der Waals surface area contributed by atoms with Crippen molar-refractivity contribution in [3.8, 4) is 34.5 Å². The number of benzene rings is 2. The number of hydrogen-bond acceptors (Lipinski definition) is 5. The second-order valence-electron chi connectivity index (χ2n) is 6.04. The van der Waals surface area contributed by atoms with Gasteiger partial charge in [0.25, 0.3) is 0 Å². The van der Waals surface area contributed by atoms with E-state index >= 15 is 0 Å². The van der Waals surface area contributed by atoms with Gasteiger partial charge in [-0.2, -0.15) is 10.5 Å². The lowest BCUT2D eigenvalue weighted by Gasteiger charge is -2.05. The number of aromatic nitrogens is 2. The van der Waals surface area contributed by atoms with Gasteiger partial charge in [0.05, 0.1) is 5.56 Å². The lowest BCUT2D eigenvalue weighted by Crippen LogP contribution is -2.02. The van der Waals surface area contributed by atoms with Crippen LogP contribution in [0.3, 0.4) is 0 Å². The van der Waals surface area contributed by atoms with Crippen LogP contribution in [-0.4, -0.2) is 16.0 Å². The number of nitrogens with zero attached hydrogens (tertiary/aromatic N) is 4. The maximum Gasteiger partial charge on any atom is 0.196 e. The molecule has 1 heterocycles. The topological polar surface area (TPSA) is 90.4 Å². The Morgan fingerprint density at radius 2 is 1.31 bits per heavy atom. The molecule has 5 heteroatoms. The minimum atomic E-state index is -0.103. The summed E-state index contributed by atoms with van der Waals surface area (Å²) < 4.78 is 0. The Labute approximate surface area is 148 Å². The van der Waals surface area contributed by atoms with Crippen LogP contribution in [0.4, 0.5) is 0 Å². The molecule has 0 radical (unpaired) electrons. The predicted octanol–water partition coefficient (Wildman–Crippen LogP) is 3.52. The van der Waals surface area contributed by atoms with Gasteiger partial charge in [0.1, 0.15) is 29.1 Å². The predicted molar refractivity (Wildman–Crippen MR) is 93.6 cm³/mol. The van der Waals surface area contributed by atoms with Gasteiger partial charge in [0.2, 0.25) is 0 Å². The Bertz CT molecular complexity index is 1260. The summed E-state index contributed by atoms with van der Waals surface area (Å²) in [5, 5.41) is 27.4. The molecule has 2 aliphatic rings. The molecule has 26 heavy (non-hydrogen) atoms. The van der Waals surface area contributed by atoms with Gasteiger partial charge in [-0.1, -0.05) is 48.5 Å². The molecule has 0 aliphatic heterocycles. The second kappa shape index (κ2) is 4.95. The number of rotatable bonds is 0. The van der Waals surface area contributed by atoms with Crippen LogP contribution in [0.5, 0.6) is 0 Å². The highest BCUT2D eigenvalue weighted by atomic mass is 16.1. The fourth-order valence-corrected chi connectivity index (χ4v) is 3.74. The normalized spacial score (nSPS) is 12.5. The fourth-order valence-electron chi connectivity index (χ4n) is 3.74. The van der Waals surface area contributed by atoms with Crippen molar-refractivity contribution < 1.29 is 4.79 Å². The number of hydrogen-bond donors (Lipinski definition) is 0. The van der Waals surface area contributed by atoms with E-state index in [-0.39, 0.29) is 11.4 Å². The van der Waals surface area contributed by atoms with Crippen molar-refractivity contribution in [1.29, 1.82) is 10.5 Å². The number of carbonyl (C=O) groups is 1. The molecular formula is C21H8N4O. The van der Waals surface area contributed by atoms with Gasteiger partial charge in [-0.3, -0.25) is 4.79 Å². The molecule has 1 aromatic heterocycles. The third kappa shape index (κ3) is 1.59. The third-order valence-electron chi connectivity index (χ3n) is 4.80. The zero-order valence-corrected chi connectivity index (χ0v) is 13.3. The molecular weight excluding hydrogens is 324 g/mol. The molecule has 0 spiro atoms. The number of carbonyl (C=O) groups excluding carboxylic acids is 1. The maximum absolute atomic E-state index is 13.1. The zero-order chi connectivity index (χ0) is 17.8. The summed E-state index contributed by atoms with van der Waals surface area (Å²) in [4.78, 5) is 13.1. The molecule has 0 amide bonds. The molecule has 2 aromatic carbocycles. The highest BCUT2D eigenvalue weighted by molar-refractivity contribution is 6.26. The van der Waals surface area contributed by atoms with Crippen LogP contribution < -0.4 is 0 Å². The monoisotopic (exact) mass is 332 g/mol. The summed E-state index contributed by atoms with van der Waals surface area (Å²) in [5.74, 6) is -0.103. The first-order chi connectivity index (χ1) is 12.8. The Balaban J connectivity index is 1.95. The molecule has 0 atom stereocenters. The highest BCUT2D eigenvalue weighted by Crippen LogP contribution is 2.50. The Morgan fingerprint density at radius 1 is 0.731 bits per heavy atom. The number of ketones is 1. The minimum absolute atomic E-state index is 0.0339. The van der Waals surface area contributed by atoms with E-state index in [1.165, 1.54) is 0 Å². The van der Waals surface area contributed by atoms with Crippen molar-refractivity contribution >= 4 is 11.4 Å². The lowest BCUT2D eigenvalue weighted by molar-refractivity contribution is 0.104. The lowest BCUT2D eigenvalue weighted by atomic mass is 10.00. The van der Waals surface area contributed by atoms with Crippen molar-refractivity contribution in [2.24, 2.45) is 0 Å². The third-order valence-corrected chi connectivity index (χ3v) is 4.80. The average molecular weight is 332 g/mol. The molecule has 0 fully saturated rings. The molecule has 0 bridgehead atoms. The zero-order valence-electron chi connectivity index (χ0n) is 13.3. The van der Waals surface area contributed by atoms with Crippen LogP contribution in [0.15, 0.2) is 54.1 Å². The second-order valence-corrected chi connectivity index (χ2v) is 6.04. The molecule has 0 saturated carbocycles. The molecule has 0 unspecified atom stereocenters. The summed E-state index contributed by atoms with van der Waals surface area (Å²) in [6.45, 7) is 0. The van der Waals surface area contributed by atoms with Gasteiger partial charge in [0.15, 0.2) is 5.78 Å². The van der Waals surface area contributed by atoms with E-state index in [0.29, 0.717) is 33.7 Å². The first kappa shape index (κ1) is 14.3. The largest absolute Gasteiger partial charge is 0.288 e. The van der Waals surface area contributed by atoms with Crippen molar-refractivity contribution in [2.75, 3.05) is 0 Å². The summed E-state index contributed by atoms with van der Waals surface area (Å²) in [6.07, 6.45) is 0. The Hall–Kier alpha value is -4.09. The van der Waals surface area contributed by atoms with E-state index in [1.54, 1.807) is 6.07 Å². The van der Waals surface area contributed by atoms with Gasteiger partial charge in [-0.05, 0) is 11.1 Å². The van der Waals surface area contributed by atoms with E-state index in [1.807, 2.05) is 54.6 Å². The Morgan fingerprint density at radius 3 is 2.00 bits per heavy atom. The molecule has 5 nitrogen and oxygen atoms in total. The fraction of sp³-hybridized carbons (Fsp3) is 0. The van der Waals surface area contributed by atoms with Crippen molar-refractivity contribution in [3.63, 3.8) is 0 Å². The number of fused-ring (bicyclic) bond motifs is 7. The molecule has 3 aromatic rings. The van der Waals surface area contributed by atoms with Gasteiger partial charge in [-0.25, -0.2) is 0 Å². The van der Waals surface area contributed by atoms with Crippen LogP contribution >= 0.6 is 0 Å². The molecule has 0 saturated heterocycles. The standard InChI is InChI=1S/C21H8N4O/c22-9-11(10-23)16-12-5-1-2-6-13(12)17-18-19(24-25-20(16)17)14-7-3-4-8-15(14)21(18)26/h1-8H.